The van der Waals surface area contributed by atoms with Crippen molar-refractivity contribution in [2.75, 3.05) is 18.1 Å². The molecule has 4 nitrogen and oxygen atoms in total. The fraction of sp³-hybridized carbons (Fsp3) is 0.750. The van der Waals surface area contributed by atoms with Gasteiger partial charge >= 0.3 is 6.18 Å². The molecule has 0 aliphatic carbocycles. The molecule has 0 saturated carbocycles. The Hall–Kier alpha value is -0.670. The summed E-state index contributed by atoms with van der Waals surface area (Å²) in [5.41, 5.74) is -0.877. The van der Waals surface area contributed by atoms with Gasteiger partial charge in [0.1, 0.15) is 5.01 Å². The van der Waals surface area contributed by atoms with Crippen LogP contribution in [0.3, 0.4) is 0 Å². The number of nitrogens with zero attached hydrogens (tertiary/aromatic N) is 2. The zero-order valence-corrected chi connectivity index (χ0v) is 13.2. The van der Waals surface area contributed by atoms with Gasteiger partial charge in [-0.15, -0.1) is 11.3 Å². The molecule has 0 spiro atoms. The average molecular weight is 342 g/mol. The minimum Gasteiger partial charge on any atom is -0.293 e. The number of thiazole rings is 1. The highest BCUT2D eigenvalue weighted by molar-refractivity contribution is 7.91. The molecule has 2 rings (SSSR count). The third-order valence-electron chi connectivity index (χ3n) is 3.42. The lowest BCUT2D eigenvalue weighted by Gasteiger charge is -2.26. The molecule has 0 bridgehead atoms. The molecule has 21 heavy (non-hydrogen) atoms. The highest BCUT2D eigenvalue weighted by Gasteiger charge is 2.35. The summed E-state index contributed by atoms with van der Waals surface area (Å²) in [6.45, 7) is 2.88. The van der Waals surface area contributed by atoms with Crippen molar-refractivity contribution in [1.82, 2.24) is 9.88 Å². The van der Waals surface area contributed by atoms with Crippen molar-refractivity contribution in [3.63, 3.8) is 0 Å². The zero-order chi connectivity index (χ0) is 15.7. The van der Waals surface area contributed by atoms with E-state index in [0.717, 1.165) is 23.1 Å². The first-order valence-corrected chi connectivity index (χ1v) is 9.37. The molecule has 0 aromatic carbocycles. The third-order valence-corrected chi connectivity index (χ3v) is 6.00. The Labute approximate surface area is 125 Å². The Morgan fingerprint density at radius 1 is 1.48 bits per heavy atom. The summed E-state index contributed by atoms with van der Waals surface area (Å²) in [6, 6.07) is -0.117. The number of halogens is 3. The van der Waals surface area contributed by atoms with Crippen LogP contribution in [0.1, 0.15) is 30.5 Å². The van der Waals surface area contributed by atoms with Crippen LogP contribution >= 0.6 is 11.3 Å². The quantitative estimate of drug-likeness (QED) is 0.825. The minimum absolute atomic E-state index is 0.0878. The largest absolute Gasteiger partial charge is 0.434 e. The first-order chi connectivity index (χ1) is 9.71. The van der Waals surface area contributed by atoms with Crippen LogP contribution in [0.4, 0.5) is 13.2 Å². The molecule has 1 atom stereocenters. The van der Waals surface area contributed by atoms with Gasteiger partial charge in [-0.2, -0.15) is 13.2 Å². The van der Waals surface area contributed by atoms with Gasteiger partial charge in [0.05, 0.1) is 18.1 Å². The van der Waals surface area contributed by atoms with Crippen molar-refractivity contribution in [2.24, 2.45) is 0 Å². The second-order valence-electron chi connectivity index (χ2n) is 5.15. The van der Waals surface area contributed by atoms with Crippen molar-refractivity contribution >= 4 is 21.2 Å². The van der Waals surface area contributed by atoms with E-state index in [4.69, 9.17) is 0 Å². The normalized spacial score (nSPS) is 22.0. The standard InChI is InChI=1S/C12H17F3N2O2S2/c1-2-4-17(9-3-5-21(18,19)8-9)6-11-16-10(7-20-11)12(13,14)15/h7,9H,2-6,8H2,1H3/t9-/m0/s1. The first-order valence-electron chi connectivity index (χ1n) is 6.67. The molecule has 0 unspecified atom stereocenters. The lowest BCUT2D eigenvalue weighted by atomic mass is 10.2. The number of aromatic nitrogens is 1. The Bertz CT molecular complexity index is 584. The van der Waals surface area contributed by atoms with Gasteiger partial charge in [-0.1, -0.05) is 6.92 Å². The molecule has 9 heteroatoms. The summed E-state index contributed by atoms with van der Waals surface area (Å²) >= 11 is 0.967. The molecule has 1 aromatic rings. The van der Waals surface area contributed by atoms with Crippen LogP contribution in [0, 0.1) is 0 Å². The summed E-state index contributed by atoms with van der Waals surface area (Å²) in [5, 5.41) is 1.38. The Balaban J connectivity index is 2.08. The molecule has 1 saturated heterocycles. The monoisotopic (exact) mass is 342 g/mol. The first kappa shape index (κ1) is 16.7. The van der Waals surface area contributed by atoms with E-state index in [0.29, 0.717) is 18.0 Å². The highest BCUT2D eigenvalue weighted by Crippen LogP contribution is 2.31. The molecule has 1 aliphatic heterocycles. The van der Waals surface area contributed by atoms with Crippen molar-refractivity contribution in [2.45, 2.75) is 38.5 Å². The summed E-state index contributed by atoms with van der Waals surface area (Å²) < 4.78 is 60.7. The lowest BCUT2D eigenvalue weighted by Crippen LogP contribution is -2.36. The van der Waals surface area contributed by atoms with Gasteiger partial charge in [-0.3, -0.25) is 4.90 Å². The fourth-order valence-electron chi connectivity index (χ4n) is 2.43. The Morgan fingerprint density at radius 2 is 2.19 bits per heavy atom. The van der Waals surface area contributed by atoms with E-state index in [9.17, 15) is 21.6 Å². The molecular weight excluding hydrogens is 325 g/mol. The van der Waals surface area contributed by atoms with Crippen molar-refractivity contribution in [1.29, 1.82) is 0 Å². The van der Waals surface area contributed by atoms with E-state index in [2.05, 4.69) is 4.98 Å². The molecule has 2 heterocycles. The Morgan fingerprint density at radius 3 is 2.67 bits per heavy atom. The van der Waals surface area contributed by atoms with Crippen LogP contribution < -0.4 is 0 Å². The molecule has 1 fully saturated rings. The van der Waals surface area contributed by atoms with Crippen LogP contribution in [-0.2, 0) is 22.6 Å². The smallest absolute Gasteiger partial charge is 0.293 e. The molecule has 1 aromatic heterocycles. The summed E-state index contributed by atoms with van der Waals surface area (Å²) in [7, 11) is -3.01. The van der Waals surface area contributed by atoms with Crippen molar-refractivity contribution in [3.8, 4) is 0 Å². The number of alkyl halides is 3. The second kappa shape index (κ2) is 6.21. The predicted octanol–water partition coefficient (Wildman–Crippen LogP) is 2.56. The molecule has 120 valence electrons. The van der Waals surface area contributed by atoms with Crippen LogP contribution in [0.2, 0.25) is 0 Å². The summed E-state index contributed by atoms with van der Waals surface area (Å²) in [4.78, 5) is 5.55. The molecular formula is C12H17F3N2O2S2. The molecule has 0 amide bonds. The number of sulfone groups is 1. The maximum absolute atomic E-state index is 12.5. The van der Waals surface area contributed by atoms with Gasteiger partial charge in [-0.25, -0.2) is 13.4 Å². The Kier molecular flexibility index (Phi) is 4.94. The number of hydrogen-bond donors (Lipinski definition) is 0. The average Bonchev–Trinajstić information content (AvgIpc) is 2.94. The third kappa shape index (κ3) is 4.40. The van der Waals surface area contributed by atoms with Crippen LogP contribution in [-0.4, -0.2) is 42.4 Å². The SMILES string of the molecule is CCCN(Cc1nc(C(F)(F)F)cs1)[C@H]1CCS(=O)(=O)C1. The van der Waals surface area contributed by atoms with Crippen LogP contribution in [0.15, 0.2) is 5.38 Å². The predicted molar refractivity (Wildman–Crippen MR) is 74.9 cm³/mol. The van der Waals surface area contributed by atoms with Gasteiger partial charge in [0.25, 0.3) is 0 Å². The van der Waals surface area contributed by atoms with Gasteiger partial charge in [0.2, 0.25) is 0 Å². The number of hydrogen-bond acceptors (Lipinski definition) is 5. The van der Waals surface area contributed by atoms with Gasteiger partial charge in [0.15, 0.2) is 15.5 Å². The van der Waals surface area contributed by atoms with Crippen molar-refractivity contribution in [3.05, 3.63) is 16.1 Å². The van der Waals surface area contributed by atoms with E-state index >= 15 is 0 Å². The van der Waals surface area contributed by atoms with E-state index in [1.54, 1.807) is 0 Å². The summed E-state index contributed by atoms with van der Waals surface area (Å²) in [5.74, 6) is 0.244. The van der Waals surface area contributed by atoms with E-state index in [-0.39, 0.29) is 24.1 Å². The molecule has 1 aliphatic rings. The summed E-state index contributed by atoms with van der Waals surface area (Å²) in [6.07, 6.45) is -3.07. The van der Waals surface area contributed by atoms with Gasteiger partial charge in [0, 0.05) is 11.4 Å². The van der Waals surface area contributed by atoms with Crippen molar-refractivity contribution < 1.29 is 21.6 Å². The van der Waals surface area contributed by atoms with Gasteiger partial charge in [-0.05, 0) is 19.4 Å². The van der Waals surface area contributed by atoms with E-state index in [1.165, 1.54) is 0 Å². The van der Waals surface area contributed by atoms with E-state index in [1.807, 2.05) is 11.8 Å². The zero-order valence-electron chi connectivity index (χ0n) is 11.6. The van der Waals surface area contributed by atoms with E-state index < -0.39 is 21.7 Å². The maximum atomic E-state index is 12.5. The second-order valence-corrected chi connectivity index (χ2v) is 8.32. The van der Waals surface area contributed by atoms with Crippen LogP contribution in [0.25, 0.3) is 0 Å². The molecule has 0 radical (unpaired) electrons. The molecule has 0 N–H and O–H groups in total. The fourth-order valence-corrected chi connectivity index (χ4v) is 5.02. The van der Waals surface area contributed by atoms with Gasteiger partial charge < -0.3 is 0 Å². The number of rotatable bonds is 5. The van der Waals surface area contributed by atoms with Crippen LogP contribution in [0.5, 0.6) is 0 Å². The highest BCUT2D eigenvalue weighted by atomic mass is 32.2. The minimum atomic E-state index is -4.43. The topological polar surface area (TPSA) is 50.3 Å². The maximum Gasteiger partial charge on any atom is 0.434 e. The lowest BCUT2D eigenvalue weighted by molar-refractivity contribution is -0.140.